The van der Waals surface area contributed by atoms with Gasteiger partial charge >= 0.3 is 0 Å². The van der Waals surface area contributed by atoms with E-state index in [1.54, 1.807) is 36.4 Å². The van der Waals surface area contributed by atoms with E-state index in [4.69, 9.17) is 92.8 Å². The quantitative estimate of drug-likeness (QED) is 0.0630. The molecule has 2 atom stereocenters. The van der Waals surface area contributed by atoms with Gasteiger partial charge in [0.2, 0.25) is 12.1 Å². The molecule has 22 heteroatoms. The summed E-state index contributed by atoms with van der Waals surface area (Å²) in [7, 11) is 0. The number of ketones is 2. The molecule has 4 amide bonds. The molecule has 5 aromatic carbocycles. The van der Waals surface area contributed by atoms with Crippen molar-refractivity contribution in [2.45, 2.75) is 25.9 Å². The summed E-state index contributed by atoms with van der Waals surface area (Å²) >= 11 is 49.8. The molecule has 0 saturated carbocycles. The maximum Gasteiger partial charge on any atom is 0.258 e. The summed E-state index contributed by atoms with van der Waals surface area (Å²) < 4.78 is 0. The van der Waals surface area contributed by atoms with E-state index in [9.17, 15) is 28.8 Å². The number of anilines is 4. The lowest BCUT2D eigenvalue weighted by molar-refractivity contribution is -0.127. The molecule has 0 fully saturated rings. The molecule has 0 aliphatic carbocycles. The molecule has 0 saturated heterocycles. The van der Waals surface area contributed by atoms with E-state index in [0.717, 1.165) is 13.8 Å². The van der Waals surface area contributed by atoms with Crippen LogP contribution in [-0.4, -0.2) is 47.3 Å². The zero-order valence-corrected chi connectivity index (χ0v) is 37.5. The normalized spacial score (nSPS) is 12.2. The first kappa shape index (κ1) is 47.9. The first-order valence-corrected chi connectivity index (χ1v) is 20.4. The molecule has 14 nitrogen and oxygen atoms in total. The highest BCUT2D eigenvalue weighted by Crippen LogP contribution is 2.35. The van der Waals surface area contributed by atoms with E-state index in [-0.39, 0.29) is 85.4 Å². The monoisotopic (exact) mass is 994 g/mol. The molecule has 5 aromatic rings. The van der Waals surface area contributed by atoms with E-state index in [1.165, 1.54) is 48.5 Å². The molecule has 62 heavy (non-hydrogen) atoms. The van der Waals surface area contributed by atoms with Gasteiger partial charge in [-0.15, -0.1) is 0 Å². The standard InChI is InChI=1S/C40H26Cl8N8O6/c1-17(57)35(55-53-31-13-19(9-11-21(31)41)37(59)49-27-7-3-5-23(43)33(27)47)39(61)51-29-15-26(46)30(16-25(29)45)52-40(62)36(18(2)58)56-54-32-14-20(10-12-22(32)42)38(60)50-28-8-4-6-24(44)34(28)48/h3-16,35-36H,1-2H3,(H,49,59)(H,50,60)(H,51,61)(H,52,62). The zero-order valence-electron chi connectivity index (χ0n) is 31.5. The van der Waals surface area contributed by atoms with Crippen molar-refractivity contribution in [3.63, 3.8) is 0 Å². The second kappa shape index (κ2) is 21.3. The van der Waals surface area contributed by atoms with E-state index in [1.807, 2.05) is 0 Å². The van der Waals surface area contributed by atoms with Gasteiger partial charge in [-0.1, -0.05) is 105 Å². The van der Waals surface area contributed by atoms with Crippen LogP contribution in [0.3, 0.4) is 0 Å². The number of carbonyl (C=O) groups is 6. The Hall–Kier alpha value is -5.16. The van der Waals surface area contributed by atoms with Gasteiger partial charge in [-0.3, -0.25) is 28.8 Å². The molecule has 0 aromatic heterocycles. The lowest BCUT2D eigenvalue weighted by Gasteiger charge is -2.15. The van der Waals surface area contributed by atoms with E-state index in [0.29, 0.717) is 0 Å². The van der Waals surface area contributed by atoms with Gasteiger partial charge in [0.1, 0.15) is 11.4 Å². The van der Waals surface area contributed by atoms with Gasteiger partial charge in [0, 0.05) is 11.1 Å². The molecule has 0 aliphatic rings. The van der Waals surface area contributed by atoms with E-state index >= 15 is 0 Å². The third-order valence-corrected chi connectivity index (χ3v) is 11.1. The molecule has 0 radical (unpaired) electrons. The minimum atomic E-state index is -1.71. The summed E-state index contributed by atoms with van der Waals surface area (Å²) in [5, 5.41) is 26.3. The Morgan fingerprint density at radius 2 is 0.806 bits per heavy atom. The second-order valence-corrected chi connectivity index (χ2v) is 15.9. The summed E-state index contributed by atoms with van der Waals surface area (Å²) in [5.41, 5.74) is 0.430. The Kier molecular flexibility index (Phi) is 16.4. The van der Waals surface area contributed by atoms with Crippen molar-refractivity contribution in [2.24, 2.45) is 20.5 Å². The van der Waals surface area contributed by atoms with Crippen molar-refractivity contribution in [3.05, 3.63) is 136 Å². The number of hydrogen-bond acceptors (Lipinski definition) is 10. The number of nitrogens with one attached hydrogen (secondary N) is 4. The smallest absolute Gasteiger partial charge is 0.258 e. The predicted octanol–water partition coefficient (Wildman–Crippen LogP) is 12.8. The fourth-order valence-corrected chi connectivity index (χ4v) is 6.50. The van der Waals surface area contributed by atoms with Crippen LogP contribution in [0, 0.1) is 0 Å². The summed E-state index contributed by atoms with van der Waals surface area (Å²) in [4.78, 5) is 77.6. The number of Topliss-reactive ketones (excluding diaryl/α,β-unsaturated/α-hetero) is 2. The molecule has 2 unspecified atom stereocenters. The van der Waals surface area contributed by atoms with Crippen LogP contribution in [0.4, 0.5) is 34.1 Å². The van der Waals surface area contributed by atoms with Gasteiger partial charge in [0.25, 0.3) is 23.6 Å². The minimum absolute atomic E-state index is 0.0418. The maximum atomic E-state index is 13.3. The number of rotatable bonds is 14. The van der Waals surface area contributed by atoms with Crippen molar-refractivity contribution in [1.29, 1.82) is 0 Å². The first-order valence-electron chi connectivity index (χ1n) is 17.4. The van der Waals surface area contributed by atoms with E-state index in [2.05, 4.69) is 41.7 Å². The number of benzene rings is 5. The van der Waals surface area contributed by atoms with Crippen LogP contribution < -0.4 is 21.3 Å². The summed E-state index contributed by atoms with van der Waals surface area (Å²) in [6.07, 6.45) is 0. The Balaban J connectivity index is 1.27. The number of hydrogen-bond donors (Lipinski definition) is 4. The minimum Gasteiger partial charge on any atom is -0.322 e. The summed E-state index contributed by atoms with van der Waals surface area (Å²) in [6, 6.07) is 16.4. The lowest BCUT2D eigenvalue weighted by atomic mass is 10.1. The average molecular weight is 998 g/mol. The highest BCUT2D eigenvalue weighted by atomic mass is 35.5. The Morgan fingerprint density at radius 3 is 1.16 bits per heavy atom. The predicted molar refractivity (Wildman–Crippen MR) is 243 cm³/mol. The molecular weight excluding hydrogens is 972 g/mol. The fraction of sp³-hybridized carbons (Fsp3) is 0.100. The molecule has 0 heterocycles. The van der Waals surface area contributed by atoms with Gasteiger partial charge in [-0.25, -0.2) is 0 Å². The Labute approximate surface area is 392 Å². The topological polar surface area (TPSA) is 200 Å². The van der Waals surface area contributed by atoms with Crippen molar-refractivity contribution in [1.82, 2.24) is 0 Å². The van der Waals surface area contributed by atoms with Crippen LogP contribution in [-0.2, 0) is 19.2 Å². The van der Waals surface area contributed by atoms with Crippen molar-refractivity contribution >= 4 is 162 Å². The number of carbonyl (C=O) groups excluding carboxylic acids is 6. The second-order valence-electron chi connectivity index (χ2n) is 12.7. The number of halogens is 8. The summed E-state index contributed by atoms with van der Waals surface area (Å²) in [6.45, 7) is 2.19. The van der Waals surface area contributed by atoms with Crippen LogP contribution in [0.5, 0.6) is 0 Å². The molecular formula is C40H26Cl8N8O6. The van der Waals surface area contributed by atoms with Gasteiger partial charge in [-0.2, -0.15) is 20.5 Å². The SMILES string of the molecule is CC(=O)C(N=Nc1cc(C(=O)Nc2cccc(Cl)c2Cl)ccc1Cl)C(=O)Nc1cc(Cl)c(NC(=O)C(N=Nc2cc(C(=O)Nc3cccc(Cl)c3Cl)ccc2Cl)C(C)=O)cc1Cl. The van der Waals surface area contributed by atoms with Crippen LogP contribution in [0.1, 0.15) is 34.6 Å². The molecule has 0 bridgehead atoms. The number of nitrogens with zero attached hydrogens (tertiary/aromatic N) is 4. The third kappa shape index (κ3) is 12.1. The Bertz CT molecular complexity index is 2530. The van der Waals surface area contributed by atoms with Crippen LogP contribution in [0.2, 0.25) is 40.2 Å². The van der Waals surface area contributed by atoms with Crippen molar-refractivity contribution < 1.29 is 28.8 Å². The number of amides is 4. The highest BCUT2D eigenvalue weighted by molar-refractivity contribution is 6.45. The lowest BCUT2D eigenvalue weighted by Crippen LogP contribution is -2.32. The largest absolute Gasteiger partial charge is 0.322 e. The van der Waals surface area contributed by atoms with Crippen LogP contribution in [0.15, 0.2) is 105 Å². The third-order valence-electron chi connectivity index (χ3n) is 8.22. The van der Waals surface area contributed by atoms with Crippen LogP contribution >= 0.6 is 92.8 Å². The Morgan fingerprint density at radius 1 is 0.435 bits per heavy atom. The highest BCUT2D eigenvalue weighted by Gasteiger charge is 2.27. The number of azo groups is 2. The fourth-order valence-electron chi connectivity index (χ4n) is 5.07. The summed E-state index contributed by atoms with van der Waals surface area (Å²) in [5.74, 6) is -4.56. The van der Waals surface area contributed by atoms with Gasteiger partial charge in [0.05, 0.1) is 62.9 Å². The zero-order chi connectivity index (χ0) is 45.4. The van der Waals surface area contributed by atoms with Crippen molar-refractivity contribution in [2.75, 3.05) is 21.3 Å². The van der Waals surface area contributed by atoms with Crippen LogP contribution in [0.25, 0.3) is 0 Å². The molecule has 4 N–H and O–H groups in total. The first-order chi connectivity index (χ1) is 29.3. The van der Waals surface area contributed by atoms with Gasteiger partial charge < -0.3 is 21.3 Å². The van der Waals surface area contributed by atoms with E-state index < -0.39 is 47.3 Å². The average Bonchev–Trinajstić information content (AvgIpc) is 3.21. The maximum absolute atomic E-state index is 13.3. The van der Waals surface area contributed by atoms with Gasteiger partial charge in [0.15, 0.2) is 11.6 Å². The van der Waals surface area contributed by atoms with Crippen molar-refractivity contribution in [3.8, 4) is 0 Å². The molecule has 0 spiro atoms. The van der Waals surface area contributed by atoms with Gasteiger partial charge in [-0.05, 0) is 86.6 Å². The molecule has 318 valence electrons. The molecule has 5 rings (SSSR count). The molecule has 0 aliphatic heterocycles.